The lowest BCUT2D eigenvalue weighted by Gasteiger charge is -2.36. The second kappa shape index (κ2) is 15.8. The summed E-state index contributed by atoms with van der Waals surface area (Å²) in [5.41, 5.74) is 0. The number of likely N-dealkylation sites (tertiary alicyclic amines) is 2. The molecule has 2 heteroatoms. The van der Waals surface area contributed by atoms with Gasteiger partial charge in [0.05, 0.1) is 0 Å². The van der Waals surface area contributed by atoms with E-state index in [9.17, 15) is 0 Å². The minimum Gasteiger partial charge on any atom is -0.301 e. The van der Waals surface area contributed by atoms with Gasteiger partial charge in [-0.05, 0) is 103 Å². The van der Waals surface area contributed by atoms with E-state index in [1.807, 2.05) is 13.8 Å². The summed E-state index contributed by atoms with van der Waals surface area (Å²) < 4.78 is 0. The predicted octanol–water partition coefficient (Wildman–Crippen LogP) is 7.19. The zero-order chi connectivity index (χ0) is 20.3. The Bertz CT molecular complexity index is 242. The molecule has 2 heterocycles. The Labute approximate surface area is 174 Å². The molecular weight excluding hydrogens is 328 g/mol. The van der Waals surface area contributed by atoms with E-state index in [2.05, 4.69) is 65.2 Å². The van der Waals surface area contributed by atoms with Gasteiger partial charge in [0.2, 0.25) is 0 Å². The molecule has 0 saturated carbocycles. The summed E-state index contributed by atoms with van der Waals surface area (Å²) in [6.07, 6.45) is 5.65. The molecule has 0 aromatic carbocycles. The average Bonchev–Trinajstić information content (AvgIpc) is 2.64. The van der Waals surface area contributed by atoms with Gasteiger partial charge in [0.25, 0.3) is 0 Å². The molecule has 0 aromatic heterocycles. The molecule has 0 aliphatic carbocycles. The van der Waals surface area contributed by atoms with Crippen LogP contribution >= 0.6 is 0 Å². The summed E-state index contributed by atoms with van der Waals surface area (Å²) in [6, 6.07) is 1.50. The Hall–Kier alpha value is -0.0800. The molecule has 2 saturated heterocycles. The third-order valence-corrected chi connectivity index (χ3v) is 6.49. The summed E-state index contributed by atoms with van der Waals surface area (Å²) in [6.45, 7) is 27.9. The third kappa shape index (κ3) is 11.5. The first-order valence-electron chi connectivity index (χ1n) is 11.7. The van der Waals surface area contributed by atoms with Crippen molar-refractivity contribution in [2.45, 2.75) is 114 Å². The van der Waals surface area contributed by atoms with Crippen LogP contribution in [0.3, 0.4) is 0 Å². The Morgan fingerprint density at radius 2 is 0.741 bits per heavy atom. The Morgan fingerprint density at radius 1 is 0.519 bits per heavy atom. The normalized spacial score (nSPS) is 20.2. The summed E-state index contributed by atoms with van der Waals surface area (Å²) in [4.78, 5) is 5.19. The molecule has 0 radical (unpaired) electrons. The second-order valence-electron chi connectivity index (χ2n) is 9.42. The average molecular weight is 385 g/mol. The van der Waals surface area contributed by atoms with Gasteiger partial charge in [-0.3, -0.25) is 0 Å². The summed E-state index contributed by atoms with van der Waals surface area (Å²) in [5.74, 6) is 3.75. The first kappa shape index (κ1) is 29.1. The lowest BCUT2D eigenvalue weighted by molar-refractivity contribution is 0.129. The number of rotatable bonds is 4. The van der Waals surface area contributed by atoms with Crippen molar-refractivity contribution in [3.63, 3.8) is 0 Å². The van der Waals surface area contributed by atoms with Crippen LogP contribution in [0.1, 0.15) is 102 Å². The largest absolute Gasteiger partial charge is 0.301 e. The molecule has 0 unspecified atom stereocenters. The van der Waals surface area contributed by atoms with Gasteiger partial charge in [-0.1, -0.05) is 49.0 Å². The van der Waals surface area contributed by atoms with Crippen molar-refractivity contribution in [2.24, 2.45) is 23.7 Å². The summed E-state index contributed by atoms with van der Waals surface area (Å²) in [5, 5.41) is 0. The molecule has 0 N–H and O–H groups in total. The first-order valence-corrected chi connectivity index (χ1v) is 11.7. The first-order chi connectivity index (χ1) is 12.2. The van der Waals surface area contributed by atoms with Gasteiger partial charge in [-0.15, -0.1) is 0 Å². The van der Waals surface area contributed by atoms with E-state index in [1.54, 1.807) is 0 Å². The van der Waals surface area contributed by atoms with Crippen molar-refractivity contribution >= 4 is 0 Å². The molecule has 2 aliphatic rings. The molecule has 27 heavy (non-hydrogen) atoms. The highest BCUT2D eigenvalue weighted by Crippen LogP contribution is 2.26. The van der Waals surface area contributed by atoms with Crippen molar-refractivity contribution in [1.29, 1.82) is 0 Å². The van der Waals surface area contributed by atoms with E-state index >= 15 is 0 Å². The van der Waals surface area contributed by atoms with Crippen LogP contribution in [0.25, 0.3) is 0 Å². The molecule has 166 valence electrons. The molecule has 2 aliphatic heterocycles. The van der Waals surface area contributed by atoms with Crippen LogP contribution in [0.4, 0.5) is 0 Å². The van der Waals surface area contributed by atoms with Gasteiger partial charge in [0.15, 0.2) is 0 Å². The fourth-order valence-corrected chi connectivity index (χ4v) is 4.20. The van der Waals surface area contributed by atoms with Crippen LogP contribution in [-0.4, -0.2) is 48.1 Å². The van der Waals surface area contributed by atoms with E-state index in [-0.39, 0.29) is 7.43 Å². The number of hydrogen-bond acceptors (Lipinski definition) is 2. The van der Waals surface area contributed by atoms with Gasteiger partial charge >= 0.3 is 0 Å². The van der Waals surface area contributed by atoms with Crippen LogP contribution in [0.2, 0.25) is 0 Å². The van der Waals surface area contributed by atoms with E-state index in [4.69, 9.17) is 0 Å². The fraction of sp³-hybridized carbons (Fsp3) is 1.00. The highest BCUT2D eigenvalue weighted by atomic mass is 15.2. The van der Waals surface area contributed by atoms with Crippen LogP contribution in [0, 0.1) is 23.7 Å². The molecule has 0 amide bonds. The maximum absolute atomic E-state index is 2.60. The molecule has 0 spiro atoms. The van der Waals surface area contributed by atoms with Gasteiger partial charge < -0.3 is 9.80 Å². The number of nitrogens with zero attached hydrogens (tertiary/aromatic N) is 2. The molecule has 2 fully saturated rings. The van der Waals surface area contributed by atoms with Crippen LogP contribution < -0.4 is 0 Å². The van der Waals surface area contributed by atoms with E-state index in [0.29, 0.717) is 0 Å². The van der Waals surface area contributed by atoms with Gasteiger partial charge in [0, 0.05) is 12.1 Å². The van der Waals surface area contributed by atoms with E-state index in [1.165, 1.54) is 51.9 Å². The molecule has 0 atom stereocenters. The minimum absolute atomic E-state index is 0. The van der Waals surface area contributed by atoms with E-state index in [0.717, 1.165) is 35.8 Å². The molecular formula is C25H56N2. The number of piperidine rings is 2. The summed E-state index contributed by atoms with van der Waals surface area (Å²) >= 11 is 0. The fourth-order valence-electron chi connectivity index (χ4n) is 4.20. The molecule has 0 aromatic rings. The smallest absolute Gasteiger partial charge is 0.00385 e. The highest BCUT2D eigenvalue weighted by Gasteiger charge is 2.23. The van der Waals surface area contributed by atoms with Gasteiger partial charge in [0.1, 0.15) is 0 Å². The zero-order valence-electron chi connectivity index (χ0n) is 20.0. The molecule has 0 bridgehead atoms. The molecule has 2 rings (SSSR count). The van der Waals surface area contributed by atoms with Gasteiger partial charge in [-0.2, -0.15) is 0 Å². The Morgan fingerprint density at radius 3 is 0.889 bits per heavy atom. The molecule has 2 nitrogen and oxygen atoms in total. The monoisotopic (exact) mass is 384 g/mol. The Kier molecular flexibility index (Phi) is 17.0. The van der Waals surface area contributed by atoms with E-state index < -0.39 is 0 Å². The van der Waals surface area contributed by atoms with Crippen molar-refractivity contribution in [3.8, 4) is 0 Å². The maximum Gasteiger partial charge on any atom is 0.00385 e. The standard InChI is InChI=1S/2C11H23N.C2H6.CH4/c2*1-9(2)11-5-7-12(8-6-11)10(3)4;1-2;/h2*9-11H,5-8H2,1-4H3;1-2H3;1H4. The lowest BCUT2D eigenvalue weighted by atomic mass is 9.86. The van der Waals surface area contributed by atoms with Crippen molar-refractivity contribution in [1.82, 2.24) is 9.80 Å². The van der Waals surface area contributed by atoms with Gasteiger partial charge in [-0.25, -0.2) is 0 Å². The topological polar surface area (TPSA) is 6.48 Å². The van der Waals surface area contributed by atoms with Crippen LogP contribution in [0.5, 0.6) is 0 Å². The zero-order valence-corrected chi connectivity index (χ0v) is 20.0. The van der Waals surface area contributed by atoms with Crippen LogP contribution in [-0.2, 0) is 0 Å². The lowest BCUT2D eigenvalue weighted by Crippen LogP contribution is -2.39. The number of hydrogen-bond donors (Lipinski definition) is 0. The minimum atomic E-state index is 0. The maximum atomic E-state index is 2.60. The summed E-state index contributed by atoms with van der Waals surface area (Å²) in [7, 11) is 0. The van der Waals surface area contributed by atoms with Crippen molar-refractivity contribution in [3.05, 3.63) is 0 Å². The third-order valence-electron chi connectivity index (χ3n) is 6.49. The quantitative estimate of drug-likeness (QED) is 0.506. The van der Waals surface area contributed by atoms with Crippen LogP contribution in [0.15, 0.2) is 0 Å². The highest BCUT2D eigenvalue weighted by molar-refractivity contribution is 4.76. The van der Waals surface area contributed by atoms with Crippen molar-refractivity contribution in [2.75, 3.05) is 26.2 Å². The second-order valence-corrected chi connectivity index (χ2v) is 9.42. The van der Waals surface area contributed by atoms with Crippen molar-refractivity contribution < 1.29 is 0 Å². The predicted molar refractivity (Wildman–Crippen MR) is 127 cm³/mol. The SMILES string of the molecule is C.CC.CC(C)C1CCN(C(C)C)CC1.CC(C)C1CCN(C(C)C)CC1. The Balaban J connectivity index is 0.